The average molecular weight is 380 g/mol. The van der Waals surface area contributed by atoms with Crippen molar-refractivity contribution < 1.29 is 14.6 Å². The van der Waals surface area contributed by atoms with E-state index in [0.717, 1.165) is 0 Å². The van der Waals surface area contributed by atoms with E-state index in [9.17, 15) is 15.0 Å². The van der Waals surface area contributed by atoms with Gasteiger partial charge in [-0.05, 0) is 46.4 Å². The van der Waals surface area contributed by atoms with Crippen LogP contribution in [0.25, 0.3) is 22.1 Å². The van der Waals surface area contributed by atoms with Crippen molar-refractivity contribution in [1.82, 2.24) is 0 Å². The first-order chi connectivity index (χ1) is 9.56. The first kappa shape index (κ1) is 13.0. The van der Waals surface area contributed by atoms with Crippen LogP contribution in [0.15, 0.2) is 51.9 Å². The monoisotopic (exact) mass is 380 g/mol. The second kappa shape index (κ2) is 4.82. The fourth-order valence-electron chi connectivity index (χ4n) is 2.03. The second-order valence-corrected chi connectivity index (χ2v) is 5.49. The van der Waals surface area contributed by atoms with Crippen molar-refractivity contribution in [3.8, 4) is 22.6 Å². The van der Waals surface area contributed by atoms with Crippen molar-refractivity contribution >= 4 is 33.6 Å². The highest BCUT2D eigenvalue weighted by atomic mass is 127. The van der Waals surface area contributed by atoms with E-state index >= 15 is 0 Å². The van der Waals surface area contributed by atoms with Crippen LogP contribution in [0, 0.1) is 3.57 Å². The number of hydrogen-bond acceptors (Lipinski definition) is 4. The highest BCUT2D eigenvalue weighted by molar-refractivity contribution is 14.1. The molecule has 20 heavy (non-hydrogen) atoms. The Morgan fingerprint density at radius 3 is 2.40 bits per heavy atom. The van der Waals surface area contributed by atoms with Gasteiger partial charge in [-0.3, -0.25) is 4.79 Å². The predicted octanol–water partition coefficient (Wildman–Crippen LogP) is 3.48. The van der Waals surface area contributed by atoms with Crippen LogP contribution in [0.2, 0.25) is 0 Å². The molecule has 0 saturated heterocycles. The molecule has 0 saturated carbocycles. The third kappa shape index (κ3) is 2.14. The summed E-state index contributed by atoms with van der Waals surface area (Å²) in [6, 6.07) is 9.27. The lowest BCUT2D eigenvalue weighted by atomic mass is 10.1. The molecule has 0 aliphatic rings. The van der Waals surface area contributed by atoms with E-state index < -0.39 is 0 Å². The standard InChI is InChI=1S/C15H9IO4/c16-12-5-10(18)6-13-14(12)15(19)11(7-20-13)8-1-3-9(17)4-2-8/h1-7,17-18H. The van der Waals surface area contributed by atoms with Crippen molar-refractivity contribution in [1.29, 1.82) is 0 Å². The molecule has 3 rings (SSSR count). The maximum atomic E-state index is 12.5. The summed E-state index contributed by atoms with van der Waals surface area (Å²) in [5.74, 6) is 0.195. The Kier molecular flexibility index (Phi) is 3.13. The number of hydrogen-bond donors (Lipinski definition) is 2. The summed E-state index contributed by atoms with van der Waals surface area (Å²) in [6.07, 6.45) is 1.37. The van der Waals surface area contributed by atoms with Crippen LogP contribution >= 0.6 is 22.6 Å². The van der Waals surface area contributed by atoms with Gasteiger partial charge in [0.15, 0.2) is 0 Å². The molecule has 4 nitrogen and oxygen atoms in total. The molecule has 0 spiro atoms. The van der Waals surface area contributed by atoms with E-state index in [0.29, 0.717) is 25.7 Å². The van der Waals surface area contributed by atoms with E-state index in [1.165, 1.54) is 30.5 Å². The van der Waals surface area contributed by atoms with Crippen LogP contribution in [0.4, 0.5) is 0 Å². The summed E-state index contributed by atoms with van der Waals surface area (Å²) in [4.78, 5) is 12.5. The van der Waals surface area contributed by atoms with Crippen LogP contribution in [0.1, 0.15) is 0 Å². The van der Waals surface area contributed by atoms with Crippen LogP contribution in [-0.2, 0) is 0 Å². The van der Waals surface area contributed by atoms with Crippen LogP contribution in [0.5, 0.6) is 11.5 Å². The highest BCUT2D eigenvalue weighted by Gasteiger charge is 2.12. The number of fused-ring (bicyclic) bond motifs is 1. The van der Waals surface area contributed by atoms with Crippen molar-refractivity contribution in [3.63, 3.8) is 0 Å². The molecule has 5 heteroatoms. The van der Waals surface area contributed by atoms with Crippen molar-refractivity contribution in [3.05, 3.63) is 56.5 Å². The maximum absolute atomic E-state index is 12.5. The van der Waals surface area contributed by atoms with Gasteiger partial charge < -0.3 is 14.6 Å². The number of rotatable bonds is 1. The zero-order chi connectivity index (χ0) is 14.3. The van der Waals surface area contributed by atoms with Gasteiger partial charge in [-0.25, -0.2) is 0 Å². The number of phenolic OH excluding ortho intramolecular Hbond substituents is 2. The Morgan fingerprint density at radius 2 is 1.70 bits per heavy atom. The van der Waals surface area contributed by atoms with E-state index in [1.807, 2.05) is 22.6 Å². The fraction of sp³-hybridized carbons (Fsp3) is 0. The molecule has 0 atom stereocenters. The molecule has 100 valence electrons. The van der Waals surface area contributed by atoms with E-state index in [2.05, 4.69) is 0 Å². The fourth-order valence-corrected chi connectivity index (χ4v) is 2.86. The molecule has 0 aliphatic heterocycles. The Morgan fingerprint density at radius 1 is 1.00 bits per heavy atom. The molecular weight excluding hydrogens is 371 g/mol. The number of benzene rings is 2. The smallest absolute Gasteiger partial charge is 0.201 e. The molecule has 2 aromatic carbocycles. The number of aromatic hydroxyl groups is 2. The van der Waals surface area contributed by atoms with Gasteiger partial charge in [0.05, 0.1) is 10.9 Å². The summed E-state index contributed by atoms with van der Waals surface area (Å²) in [7, 11) is 0. The molecule has 0 amide bonds. The normalized spacial score (nSPS) is 10.8. The lowest BCUT2D eigenvalue weighted by Crippen LogP contribution is -2.06. The average Bonchev–Trinajstić information content (AvgIpc) is 2.39. The lowest BCUT2D eigenvalue weighted by molar-refractivity contribution is 0.473. The summed E-state index contributed by atoms with van der Waals surface area (Å²) in [5, 5.41) is 19.3. The maximum Gasteiger partial charge on any atom is 0.201 e. The molecule has 1 heterocycles. The van der Waals surface area contributed by atoms with Crippen molar-refractivity contribution in [2.75, 3.05) is 0 Å². The van der Waals surface area contributed by atoms with Gasteiger partial charge in [-0.2, -0.15) is 0 Å². The molecule has 0 radical (unpaired) electrons. The lowest BCUT2D eigenvalue weighted by Gasteiger charge is -2.05. The molecule has 0 bridgehead atoms. The highest BCUT2D eigenvalue weighted by Crippen LogP contribution is 2.27. The van der Waals surface area contributed by atoms with Gasteiger partial charge in [0.1, 0.15) is 23.3 Å². The van der Waals surface area contributed by atoms with Crippen LogP contribution in [0.3, 0.4) is 0 Å². The molecule has 0 aliphatic carbocycles. The summed E-state index contributed by atoms with van der Waals surface area (Å²) >= 11 is 1.99. The number of halogens is 1. The van der Waals surface area contributed by atoms with E-state index in [1.54, 1.807) is 12.1 Å². The molecule has 3 aromatic rings. The van der Waals surface area contributed by atoms with Gasteiger partial charge in [-0.15, -0.1) is 0 Å². The Labute approximate surface area is 127 Å². The first-order valence-corrected chi connectivity index (χ1v) is 6.87. The minimum Gasteiger partial charge on any atom is -0.508 e. The van der Waals surface area contributed by atoms with Gasteiger partial charge >= 0.3 is 0 Å². The first-order valence-electron chi connectivity index (χ1n) is 5.79. The molecule has 1 aromatic heterocycles. The second-order valence-electron chi connectivity index (χ2n) is 4.33. The van der Waals surface area contributed by atoms with E-state index in [-0.39, 0.29) is 16.9 Å². The zero-order valence-corrected chi connectivity index (χ0v) is 12.3. The molecule has 2 N–H and O–H groups in total. The minimum absolute atomic E-state index is 0.0578. The topological polar surface area (TPSA) is 70.7 Å². The quantitative estimate of drug-likeness (QED) is 0.635. The van der Waals surface area contributed by atoms with Gasteiger partial charge in [0.25, 0.3) is 0 Å². The van der Waals surface area contributed by atoms with Gasteiger partial charge in [0, 0.05) is 9.64 Å². The summed E-state index contributed by atoms with van der Waals surface area (Å²) in [5.41, 5.74) is 1.27. The third-order valence-corrected chi connectivity index (χ3v) is 3.84. The minimum atomic E-state index is -0.165. The third-order valence-electron chi connectivity index (χ3n) is 2.99. The van der Waals surface area contributed by atoms with Crippen LogP contribution in [-0.4, -0.2) is 10.2 Å². The van der Waals surface area contributed by atoms with Crippen molar-refractivity contribution in [2.24, 2.45) is 0 Å². The van der Waals surface area contributed by atoms with Crippen molar-refractivity contribution in [2.45, 2.75) is 0 Å². The van der Waals surface area contributed by atoms with Gasteiger partial charge in [0.2, 0.25) is 5.43 Å². The zero-order valence-electron chi connectivity index (χ0n) is 10.1. The Balaban J connectivity index is 2.31. The van der Waals surface area contributed by atoms with Crippen LogP contribution < -0.4 is 5.43 Å². The number of phenols is 2. The molecule has 0 unspecified atom stereocenters. The summed E-state index contributed by atoms with van der Waals surface area (Å²) < 4.78 is 6.07. The van der Waals surface area contributed by atoms with E-state index in [4.69, 9.17) is 4.42 Å². The Hall–Kier alpha value is -2.02. The SMILES string of the molecule is O=c1c(-c2ccc(O)cc2)coc2cc(O)cc(I)c12. The molecule has 0 fully saturated rings. The molecular formula is C15H9IO4. The summed E-state index contributed by atoms with van der Waals surface area (Å²) in [6.45, 7) is 0. The van der Waals surface area contributed by atoms with Gasteiger partial charge in [-0.1, -0.05) is 12.1 Å². The predicted molar refractivity (Wildman–Crippen MR) is 84.0 cm³/mol. The largest absolute Gasteiger partial charge is 0.508 e. The Bertz CT molecular complexity index is 850.